The maximum Gasteiger partial charge on any atom is 0.187 e. The highest BCUT2D eigenvalue weighted by atomic mass is 16.7. The minimum atomic E-state index is -1.75. The second-order valence-corrected chi connectivity index (χ2v) is 20.6. The number of hydrogen-bond donors (Lipinski definition) is 8. The highest BCUT2D eigenvalue weighted by Gasteiger charge is 2.81. The van der Waals surface area contributed by atoms with Gasteiger partial charge in [0.05, 0.1) is 37.6 Å². The topological polar surface area (TPSA) is 217 Å². The Balaban J connectivity index is 1.01. The molecule has 14 nitrogen and oxygen atoms in total. The molecule has 11 unspecified atom stereocenters. The second kappa shape index (κ2) is 14.1. The molecule has 0 radical (unpaired) electrons. The van der Waals surface area contributed by atoms with Crippen molar-refractivity contribution in [2.75, 3.05) is 19.8 Å². The lowest BCUT2D eigenvalue weighted by Crippen LogP contribution is -2.68. The van der Waals surface area contributed by atoms with Crippen molar-refractivity contribution in [1.29, 1.82) is 0 Å². The summed E-state index contributed by atoms with van der Waals surface area (Å²) in [5.74, 6) is 0.123. The molecule has 0 aromatic rings. The molecule has 14 heteroatoms. The number of fused-ring (bicyclic) bond motifs is 4. The molecule has 8 rings (SSSR count). The number of aliphatic hydroxyl groups excluding tert-OH is 7. The Morgan fingerprint density at radius 1 is 0.750 bits per heavy atom. The zero-order chi connectivity index (χ0) is 40.5. The van der Waals surface area contributed by atoms with E-state index in [-0.39, 0.29) is 45.7 Å². The van der Waals surface area contributed by atoms with Crippen LogP contribution in [0.3, 0.4) is 0 Å². The lowest BCUT2D eigenvalue weighted by atomic mass is 9.35. The summed E-state index contributed by atoms with van der Waals surface area (Å²) in [7, 11) is 0. The average Bonchev–Trinajstić information content (AvgIpc) is 3.64. The summed E-state index contributed by atoms with van der Waals surface area (Å²) >= 11 is 0. The first-order valence-electron chi connectivity index (χ1n) is 21.1. The van der Waals surface area contributed by atoms with E-state index in [2.05, 4.69) is 47.6 Å². The van der Waals surface area contributed by atoms with Gasteiger partial charge in [-0.2, -0.15) is 0 Å². The zero-order valence-electron chi connectivity index (χ0n) is 34.1. The SMILES string of the molecule is CC(C)=CC1CC(C)(O)C2C3CCC4[C@@]5(C)CC[C@H](O[C@@H]6OC(CO)[C@@H](O)C(OC7OC(CO)[C@@H](O)[C@@H](O)C7O)[C@@H]6O)C(C)(C)C5CC[C@@]4(C)[C@@]34CO[C@@]2(C4)O1. The molecule has 2 spiro atoms. The average molecular weight is 797 g/mol. The highest BCUT2D eigenvalue weighted by Crippen LogP contribution is 2.80. The molecule has 8 N–H and O–H groups in total. The maximum absolute atomic E-state index is 12.1. The Hall–Kier alpha value is -0.820. The van der Waals surface area contributed by atoms with Gasteiger partial charge in [0.1, 0.15) is 48.8 Å². The molecular weight excluding hydrogens is 728 g/mol. The number of allylic oxidation sites excluding steroid dienone is 1. The summed E-state index contributed by atoms with van der Waals surface area (Å²) < 4.78 is 37.8. The Kier molecular flexibility index (Phi) is 10.6. The molecule has 4 aliphatic heterocycles. The van der Waals surface area contributed by atoms with Crippen LogP contribution in [0.15, 0.2) is 11.6 Å². The second-order valence-electron chi connectivity index (χ2n) is 20.6. The molecule has 56 heavy (non-hydrogen) atoms. The molecule has 0 amide bonds. The number of hydrogen-bond acceptors (Lipinski definition) is 14. The first kappa shape index (κ1) is 41.9. The van der Waals surface area contributed by atoms with E-state index >= 15 is 0 Å². The molecule has 21 atom stereocenters. The van der Waals surface area contributed by atoms with E-state index in [1.165, 1.54) is 5.57 Å². The normalized spacial score (nSPS) is 57.4. The predicted octanol–water partition coefficient (Wildman–Crippen LogP) is 1.50. The number of ether oxygens (including phenoxy) is 6. The van der Waals surface area contributed by atoms with E-state index < -0.39 is 86.0 Å². The smallest absolute Gasteiger partial charge is 0.187 e. The summed E-state index contributed by atoms with van der Waals surface area (Å²) in [4.78, 5) is 0. The molecule has 4 saturated heterocycles. The van der Waals surface area contributed by atoms with Crippen molar-refractivity contribution >= 4 is 0 Å². The Morgan fingerprint density at radius 2 is 1.41 bits per heavy atom. The first-order chi connectivity index (χ1) is 26.2. The lowest BCUT2D eigenvalue weighted by molar-refractivity contribution is -0.370. The van der Waals surface area contributed by atoms with Crippen molar-refractivity contribution in [3.8, 4) is 0 Å². The van der Waals surface area contributed by atoms with Gasteiger partial charge in [0.2, 0.25) is 0 Å². The summed E-state index contributed by atoms with van der Waals surface area (Å²) in [5.41, 5.74) is -0.269. The van der Waals surface area contributed by atoms with E-state index in [1.54, 1.807) is 0 Å². The molecule has 4 aliphatic carbocycles. The van der Waals surface area contributed by atoms with Gasteiger partial charge in [-0.3, -0.25) is 0 Å². The van der Waals surface area contributed by atoms with Gasteiger partial charge in [0, 0.05) is 24.2 Å². The van der Waals surface area contributed by atoms with Gasteiger partial charge in [0.15, 0.2) is 18.4 Å². The van der Waals surface area contributed by atoms with Crippen LogP contribution in [0.1, 0.15) is 99.8 Å². The van der Waals surface area contributed by atoms with Crippen molar-refractivity contribution in [2.24, 2.45) is 45.3 Å². The fourth-order valence-electron chi connectivity index (χ4n) is 14.6. The molecular formula is C42H68O14. The van der Waals surface area contributed by atoms with E-state index in [4.69, 9.17) is 28.4 Å². The number of aliphatic hydroxyl groups is 8. The van der Waals surface area contributed by atoms with Gasteiger partial charge >= 0.3 is 0 Å². The third-order valence-corrected chi connectivity index (χ3v) is 17.0. The van der Waals surface area contributed by atoms with E-state index in [0.717, 1.165) is 38.5 Å². The van der Waals surface area contributed by atoms with E-state index in [0.29, 0.717) is 31.3 Å². The number of rotatable bonds is 7. The Labute approximate surface area is 330 Å². The van der Waals surface area contributed by atoms with Crippen LogP contribution >= 0.6 is 0 Å². The minimum absolute atomic E-state index is 0.0284. The quantitative estimate of drug-likeness (QED) is 0.135. The van der Waals surface area contributed by atoms with Gasteiger partial charge in [-0.15, -0.1) is 0 Å². The van der Waals surface area contributed by atoms with Crippen LogP contribution in [0.4, 0.5) is 0 Å². The summed E-state index contributed by atoms with van der Waals surface area (Å²) in [5, 5.41) is 85.9. The van der Waals surface area contributed by atoms with Gasteiger partial charge < -0.3 is 69.3 Å². The minimum Gasteiger partial charge on any atom is -0.394 e. The zero-order valence-corrected chi connectivity index (χ0v) is 34.1. The van der Waals surface area contributed by atoms with Crippen molar-refractivity contribution in [3.63, 3.8) is 0 Å². The maximum atomic E-state index is 12.1. The molecule has 8 aliphatic rings. The molecule has 4 heterocycles. The lowest BCUT2D eigenvalue weighted by Gasteiger charge is -2.70. The summed E-state index contributed by atoms with van der Waals surface area (Å²) in [6, 6.07) is 0. The fourth-order valence-corrected chi connectivity index (χ4v) is 14.6. The third kappa shape index (κ3) is 5.94. The molecule has 0 aromatic carbocycles. The van der Waals surface area contributed by atoms with Gasteiger partial charge in [-0.05, 0) is 93.3 Å². The fraction of sp³-hybridized carbons (Fsp3) is 0.952. The van der Waals surface area contributed by atoms with Gasteiger partial charge in [-0.1, -0.05) is 39.3 Å². The van der Waals surface area contributed by atoms with Crippen molar-refractivity contribution in [3.05, 3.63) is 11.6 Å². The summed E-state index contributed by atoms with van der Waals surface area (Å²) in [6.45, 7) is 14.9. The molecule has 8 fully saturated rings. The Morgan fingerprint density at radius 3 is 2.07 bits per heavy atom. The summed E-state index contributed by atoms with van der Waals surface area (Å²) in [6.07, 6.45) is -6.46. The first-order valence-corrected chi connectivity index (χ1v) is 21.1. The highest BCUT2D eigenvalue weighted by molar-refractivity contribution is 5.26. The van der Waals surface area contributed by atoms with Crippen molar-refractivity contribution < 1.29 is 69.3 Å². The molecule has 320 valence electrons. The van der Waals surface area contributed by atoms with Crippen LogP contribution in [-0.4, -0.2) is 146 Å². The standard InChI is InChI=1S/C42H68O14/c1-20(2)14-21-15-40(7,50)34-22-8-9-26-38(5)12-11-27(37(3,4)25(38)10-13-39(26,6)41(22)18-42(34,56-21)51-19-41)54-36-32(49)33(29(46)24(17-44)53-36)55-35-31(48)30(47)28(45)23(16-43)52-35/h14,21-36,43-50H,8-13,15-19H2,1-7H3/t21?,22?,23?,24?,25?,26?,27-,28+,29+,30+,31?,32-,33?,34?,35?,36-,38-,39+,40?,41-,42-/m0/s1. The Bertz CT molecular complexity index is 1500. The third-order valence-electron chi connectivity index (χ3n) is 17.0. The van der Waals surface area contributed by atoms with Crippen molar-refractivity contribution in [2.45, 2.75) is 185 Å². The monoisotopic (exact) mass is 796 g/mol. The largest absolute Gasteiger partial charge is 0.394 e. The molecule has 0 aromatic heterocycles. The van der Waals surface area contributed by atoms with Crippen LogP contribution in [0.2, 0.25) is 0 Å². The molecule has 2 bridgehead atoms. The van der Waals surface area contributed by atoms with E-state index in [9.17, 15) is 40.9 Å². The van der Waals surface area contributed by atoms with Crippen LogP contribution in [0, 0.1) is 45.3 Å². The van der Waals surface area contributed by atoms with E-state index in [1.807, 2.05) is 6.92 Å². The van der Waals surface area contributed by atoms with Gasteiger partial charge in [-0.25, -0.2) is 0 Å². The van der Waals surface area contributed by atoms with Crippen molar-refractivity contribution in [1.82, 2.24) is 0 Å². The predicted molar refractivity (Wildman–Crippen MR) is 198 cm³/mol. The van der Waals surface area contributed by atoms with Crippen LogP contribution in [0.25, 0.3) is 0 Å². The van der Waals surface area contributed by atoms with Crippen LogP contribution < -0.4 is 0 Å². The van der Waals surface area contributed by atoms with Crippen LogP contribution in [-0.2, 0) is 28.4 Å². The van der Waals surface area contributed by atoms with Gasteiger partial charge in [0.25, 0.3) is 0 Å². The van der Waals surface area contributed by atoms with Crippen LogP contribution in [0.5, 0.6) is 0 Å². The molecule has 4 saturated carbocycles.